The molecule has 104 valence electrons. The molecule has 2 fully saturated rings. The van der Waals surface area contributed by atoms with Crippen molar-refractivity contribution in [2.24, 2.45) is 17.8 Å². The van der Waals surface area contributed by atoms with Crippen LogP contribution in [0.3, 0.4) is 0 Å². The van der Waals surface area contributed by atoms with Crippen LogP contribution in [-0.4, -0.2) is 39.6 Å². The average Bonchev–Trinajstić information content (AvgIpc) is 3.13. The fourth-order valence-electron chi connectivity index (χ4n) is 3.75. The second-order valence-electron chi connectivity index (χ2n) is 6.08. The number of rotatable bonds is 4. The van der Waals surface area contributed by atoms with Crippen LogP contribution in [0.5, 0.6) is 0 Å². The lowest BCUT2D eigenvalue weighted by Crippen LogP contribution is -2.34. The van der Waals surface area contributed by atoms with Crippen molar-refractivity contribution in [2.45, 2.75) is 39.0 Å². The van der Waals surface area contributed by atoms with Crippen molar-refractivity contribution in [1.82, 2.24) is 20.1 Å². The number of nitrogens with zero attached hydrogens (tertiary/aromatic N) is 3. The molecule has 1 aromatic rings. The van der Waals surface area contributed by atoms with E-state index in [-0.39, 0.29) is 5.91 Å². The van der Waals surface area contributed by atoms with Gasteiger partial charge in [-0.05, 0) is 37.0 Å². The predicted molar refractivity (Wildman–Crippen MR) is 71.7 cm³/mol. The molecule has 3 atom stereocenters. The minimum Gasteiger partial charge on any atom is -0.339 e. The zero-order valence-electron chi connectivity index (χ0n) is 11.7. The molecule has 2 aliphatic carbocycles. The maximum atomic E-state index is 12.2. The smallest absolute Gasteiger partial charge is 0.293 e. The zero-order chi connectivity index (χ0) is 13.4. The highest BCUT2D eigenvalue weighted by atomic mass is 16.2. The SMILES string of the molecule is CCc1nc(C(=O)N(C)CC2CC3CCC2C3)n[nH]1. The maximum absolute atomic E-state index is 12.2. The Morgan fingerprint density at radius 2 is 2.26 bits per heavy atom. The Balaban J connectivity index is 1.60. The highest BCUT2D eigenvalue weighted by Gasteiger charge is 2.40. The van der Waals surface area contributed by atoms with Crippen molar-refractivity contribution in [3.8, 4) is 0 Å². The third-order valence-electron chi connectivity index (χ3n) is 4.80. The summed E-state index contributed by atoms with van der Waals surface area (Å²) in [5.74, 6) is 3.49. The number of fused-ring (bicyclic) bond motifs is 2. The van der Waals surface area contributed by atoms with Gasteiger partial charge in [-0.15, -0.1) is 5.10 Å². The highest BCUT2D eigenvalue weighted by molar-refractivity contribution is 5.90. The standard InChI is InChI=1S/C14H22N4O/c1-3-12-15-13(17-16-12)14(19)18(2)8-11-7-9-4-5-10(11)6-9/h9-11H,3-8H2,1-2H3,(H,15,16,17). The minimum atomic E-state index is -0.0567. The summed E-state index contributed by atoms with van der Waals surface area (Å²) < 4.78 is 0. The van der Waals surface area contributed by atoms with Crippen molar-refractivity contribution in [3.05, 3.63) is 11.6 Å². The van der Waals surface area contributed by atoms with Gasteiger partial charge in [0.15, 0.2) is 0 Å². The Hall–Kier alpha value is -1.39. The van der Waals surface area contributed by atoms with E-state index in [1.54, 1.807) is 4.90 Å². The number of hydrogen-bond acceptors (Lipinski definition) is 3. The molecule has 1 amide bonds. The first kappa shape index (κ1) is 12.6. The van der Waals surface area contributed by atoms with Crippen LogP contribution in [0.2, 0.25) is 0 Å². The van der Waals surface area contributed by atoms with Crippen LogP contribution in [0, 0.1) is 17.8 Å². The summed E-state index contributed by atoms with van der Waals surface area (Å²) in [6.07, 6.45) is 6.22. The molecule has 3 rings (SSSR count). The zero-order valence-corrected chi connectivity index (χ0v) is 11.7. The number of carbonyl (C=O) groups is 1. The van der Waals surface area contributed by atoms with E-state index in [1.165, 1.54) is 25.7 Å². The van der Waals surface area contributed by atoms with Crippen molar-refractivity contribution in [3.63, 3.8) is 0 Å². The summed E-state index contributed by atoms with van der Waals surface area (Å²) >= 11 is 0. The molecular weight excluding hydrogens is 240 g/mol. The Labute approximate surface area is 113 Å². The molecule has 0 spiro atoms. The molecule has 2 bridgehead atoms. The lowest BCUT2D eigenvalue weighted by Gasteiger charge is -2.26. The molecule has 19 heavy (non-hydrogen) atoms. The first-order chi connectivity index (χ1) is 9.17. The van der Waals surface area contributed by atoms with Gasteiger partial charge in [0.1, 0.15) is 5.82 Å². The number of aryl methyl sites for hydroxylation is 1. The molecule has 0 aromatic carbocycles. The van der Waals surface area contributed by atoms with Crippen molar-refractivity contribution in [2.75, 3.05) is 13.6 Å². The lowest BCUT2D eigenvalue weighted by molar-refractivity contribution is 0.0742. The summed E-state index contributed by atoms with van der Waals surface area (Å²) in [5.41, 5.74) is 0. The summed E-state index contributed by atoms with van der Waals surface area (Å²) in [6, 6.07) is 0. The molecule has 5 nitrogen and oxygen atoms in total. The Morgan fingerprint density at radius 3 is 2.84 bits per heavy atom. The van der Waals surface area contributed by atoms with Crippen LogP contribution in [0.1, 0.15) is 49.1 Å². The largest absolute Gasteiger partial charge is 0.339 e. The third-order valence-corrected chi connectivity index (χ3v) is 4.80. The van der Waals surface area contributed by atoms with Gasteiger partial charge in [0.2, 0.25) is 5.82 Å². The number of H-pyrrole nitrogens is 1. The van der Waals surface area contributed by atoms with Gasteiger partial charge in [0.05, 0.1) is 0 Å². The first-order valence-electron chi connectivity index (χ1n) is 7.34. The van der Waals surface area contributed by atoms with Gasteiger partial charge in [0.25, 0.3) is 5.91 Å². The molecule has 0 saturated heterocycles. The van der Waals surface area contributed by atoms with Crippen LogP contribution in [-0.2, 0) is 6.42 Å². The normalized spacial score (nSPS) is 28.8. The molecule has 1 aromatic heterocycles. The molecule has 3 unspecified atom stereocenters. The Kier molecular flexibility index (Phi) is 3.29. The summed E-state index contributed by atoms with van der Waals surface area (Å²) in [6.45, 7) is 2.85. The summed E-state index contributed by atoms with van der Waals surface area (Å²) in [4.78, 5) is 18.3. The molecule has 5 heteroatoms. The van der Waals surface area contributed by atoms with Gasteiger partial charge >= 0.3 is 0 Å². The lowest BCUT2D eigenvalue weighted by atomic mass is 9.88. The Bertz CT molecular complexity index is 470. The summed E-state index contributed by atoms with van der Waals surface area (Å²) in [7, 11) is 1.87. The fourth-order valence-corrected chi connectivity index (χ4v) is 3.75. The molecule has 0 aliphatic heterocycles. The number of aromatic amines is 1. The topological polar surface area (TPSA) is 61.9 Å². The number of amides is 1. The first-order valence-corrected chi connectivity index (χ1v) is 7.34. The van der Waals surface area contributed by atoms with Crippen molar-refractivity contribution >= 4 is 5.91 Å². The van der Waals surface area contributed by atoms with Crippen LogP contribution in [0.25, 0.3) is 0 Å². The second-order valence-corrected chi connectivity index (χ2v) is 6.08. The number of carbonyl (C=O) groups excluding carboxylic acids is 1. The third kappa shape index (κ3) is 2.38. The van der Waals surface area contributed by atoms with E-state index >= 15 is 0 Å². The molecule has 2 saturated carbocycles. The molecule has 2 aliphatic rings. The Morgan fingerprint density at radius 1 is 1.42 bits per heavy atom. The molecular formula is C14H22N4O. The van der Waals surface area contributed by atoms with Gasteiger partial charge in [-0.2, -0.15) is 0 Å². The molecule has 1 N–H and O–H groups in total. The molecule has 1 heterocycles. The van der Waals surface area contributed by atoms with E-state index in [0.29, 0.717) is 11.7 Å². The van der Waals surface area contributed by atoms with Gasteiger partial charge in [-0.3, -0.25) is 9.89 Å². The fraction of sp³-hybridized carbons (Fsp3) is 0.786. The predicted octanol–water partition coefficient (Wildman–Crippen LogP) is 1.88. The monoisotopic (exact) mass is 262 g/mol. The maximum Gasteiger partial charge on any atom is 0.293 e. The molecule has 0 radical (unpaired) electrons. The van der Waals surface area contributed by atoms with Gasteiger partial charge in [0, 0.05) is 20.0 Å². The average molecular weight is 262 g/mol. The van der Waals surface area contributed by atoms with Gasteiger partial charge in [-0.25, -0.2) is 4.98 Å². The van der Waals surface area contributed by atoms with E-state index in [0.717, 1.165) is 30.6 Å². The van der Waals surface area contributed by atoms with E-state index < -0.39 is 0 Å². The quantitative estimate of drug-likeness (QED) is 0.901. The highest BCUT2D eigenvalue weighted by Crippen LogP contribution is 2.48. The van der Waals surface area contributed by atoms with Crippen LogP contribution in [0.4, 0.5) is 0 Å². The van der Waals surface area contributed by atoms with E-state index in [2.05, 4.69) is 15.2 Å². The van der Waals surface area contributed by atoms with Crippen molar-refractivity contribution in [1.29, 1.82) is 0 Å². The van der Waals surface area contributed by atoms with Gasteiger partial charge < -0.3 is 4.90 Å². The van der Waals surface area contributed by atoms with Crippen LogP contribution >= 0.6 is 0 Å². The van der Waals surface area contributed by atoms with E-state index in [4.69, 9.17) is 0 Å². The second kappa shape index (κ2) is 4.94. The van der Waals surface area contributed by atoms with Crippen molar-refractivity contribution < 1.29 is 4.79 Å². The number of nitrogens with one attached hydrogen (secondary N) is 1. The van der Waals surface area contributed by atoms with Crippen LogP contribution < -0.4 is 0 Å². The number of hydrogen-bond donors (Lipinski definition) is 1. The van der Waals surface area contributed by atoms with E-state index in [1.807, 2.05) is 14.0 Å². The minimum absolute atomic E-state index is 0.0567. The van der Waals surface area contributed by atoms with E-state index in [9.17, 15) is 4.79 Å². The van der Waals surface area contributed by atoms with Gasteiger partial charge in [-0.1, -0.05) is 13.3 Å². The summed E-state index contributed by atoms with van der Waals surface area (Å²) in [5, 5.41) is 6.81. The van der Waals surface area contributed by atoms with Crippen LogP contribution in [0.15, 0.2) is 0 Å². The number of aromatic nitrogens is 3.